The Morgan fingerprint density at radius 2 is 1.62 bits per heavy atom. The Labute approximate surface area is 124 Å². The summed E-state index contributed by atoms with van der Waals surface area (Å²) in [5.74, 6) is 0. The average molecular weight is 301 g/mol. The number of sulfonamides is 1. The number of carbonyl (C=O) groups excluding carboxylic acids is 1. The molecule has 0 atom stereocenters. The van der Waals surface area contributed by atoms with Crippen LogP contribution in [-0.2, 0) is 23.0 Å². The monoisotopic (exact) mass is 301 g/mol. The Balaban J connectivity index is 1.90. The first-order valence-electron chi connectivity index (χ1n) is 6.73. The summed E-state index contributed by atoms with van der Waals surface area (Å²) in [6.07, 6.45) is 1.43. The number of hydrogen-bond acceptors (Lipinski definition) is 3. The summed E-state index contributed by atoms with van der Waals surface area (Å²) in [5, 5.41) is 0. The average Bonchev–Trinajstić information content (AvgIpc) is 2.54. The molecule has 2 aromatic rings. The van der Waals surface area contributed by atoms with E-state index in [9.17, 15) is 13.2 Å². The topological polar surface area (TPSA) is 54.5 Å². The molecule has 0 N–H and O–H groups in total. The van der Waals surface area contributed by atoms with E-state index in [1.54, 1.807) is 0 Å². The van der Waals surface area contributed by atoms with Crippen LogP contribution in [0.2, 0.25) is 0 Å². The minimum Gasteiger partial charge on any atom is -0.298 e. The van der Waals surface area contributed by atoms with Crippen LogP contribution < -0.4 is 0 Å². The van der Waals surface area contributed by atoms with Gasteiger partial charge in [-0.1, -0.05) is 36.4 Å². The summed E-state index contributed by atoms with van der Waals surface area (Å²) in [4.78, 5) is 10.9. The van der Waals surface area contributed by atoms with E-state index < -0.39 is 10.0 Å². The van der Waals surface area contributed by atoms with E-state index in [1.807, 2.05) is 24.3 Å². The highest BCUT2D eigenvalue weighted by molar-refractivity contribution is 7.89. The number of hydrogen-bond donors (Lipinski definition) is 0. The Morgan fingerprint density at radius 3 is 2.29 bits per heavy atom. The second-order valence-electron chi connectivity index (χ2n) is 5.04. The van der Waals surface area contributed by atoms with E-state index >= 15 is 0 Å². The van der Waals surface area contributed by atoms with Crippen LogP contribution in [0.4, 0.5) is 0 Å². The van der Waals surface area contributed by atoms with Crippen LogP contribution in [0.15, 0.2) is 53.4 Å². The molecule has 1 aliphatic heterocycles. The Kier molecular flexibility index (Phi) is 3.61. The number of rotatable bonds is 3. The van der Waals surface area contributed by atoms with E-state index in [2.05, 4.69) is 0 Å². The standard InChI is InChI=1S/C16H15NO3S/c18-12-13-5-7-16(8-6-13)21(19,20)17-10-9-14-3-1-2-4-15(14)11-17/h1-8,12H,9-11H2. The lowest BCUT2D eigenvalue weighted by Crippen LogP contribution is -2.35. The largest absolute Gasteiger partial charge is 0.298 e. The highest BCUT2D eigenvalue weighted by Crippen LogP contribution is 2.24. The zero-order valence-corrected chi connectivity index (χ0v) is 12.2. The smallest absolute Gasteiger partial charge is 0.243 e. The quantitative estimate of drug-likeness (QED) is 0.817. The summed E-state index contributed by atoms with van der Waals surface area (Å²) in [7, 11) is -3.51. The third-order valence-corrected chi connectivity index (χ3v) is 5.61. The predicted octanol–water partition coefficient (Wildman–Crippen LogP) is 2.25. The van der Waals surface area contributed by atoms with Crippen molar-refractivity contribution in [2.45, 2.75) is 17.9 Å². The molecule has 0 bridgehead atoms. The molecule has 0 saturated carbocycles. The Hall–Kier alpha value is -1.98. The maximum Gasteiger partial charge on any atom is 0.243 e. The van der Waals surface area contributed by atoms with Gasteiger partial charge in [-0.3, -0.25) is 4.79 Å². The van der Waals surface area contributed by atoms with E-state index in [0.717, 1.165) is 12.0 Å². The highest BCUT2D eigenvalue weighted by Gasteiger charge is 2.27. The molecule has 108 valence electrons. The fourth-order valence-electron chi connectivity index (χ4n) is 2.54. The summed E-state index contributed by atoms with van der Waals surface area (Å²) >= 11 is 0. The molecule has 0 saturated heterocycles. The predicted molar refractivity (Wildman–Crippen MR) is 79.6 cm³/mol. The van der Waals surface area contributed by atoms with E-state index in [0.29, 0.717) is 24.9 Å². The SMILES string of the molecule is O=Cc1ccc(S(=O)(=O)N2CCc3ccccc3C2)cc1. The van der Waals surface area contributed by atoms with Gasteiger partial charge in [0.05, 0.1) is 4.90 Å². The van der Waals surface area contributed by atoms with Gasteiger partial charge in [-0.25, -0.2) is 8.42 Å². The zero-order valence-electron chi connectivity index (χ0n) is 11.4. The molecule has 0 amide bonds. The van der Waals surface area contributed by atoms with Crippen LogP contribution >= 0.6 is 0 Å². The van der Waals surface area contributed by atoms with Gasteiger partial charge in [0.15, 0.2) is 0 Å². The highest BCUT2D eigenvalue weighted by atomic mass is 32.2. The third kappa shape index (κ3) is 2.62. The van der Waals surface area contributed by atoms with Crippen LogP contribution in [-0.4, -0.2) is 25.6 Å². The fourth-order valence-corrected chi connectivity index (χ4v) is 3.96. The normalized spacial score (nSPS) is 15.4. The molecular weight excluding hydrogens is 286 g/mol. The number of carbonyl (C=O) groups is 1. The van der Waals surface area contributed by atoms with Gasteiger partial charge in [0, 0.05) is 18.7 Å². The lowest BCUT2D eigenvalue weighted by Gasteiger charge is -2.28. The fraction of sp³-hybridized carbons (Fsp3) is 0.188. The van der Waals surface area contributed by atoms with Crippen molar-refractivity contribution in [2.75, 3.05) is 6.54 Å². The van der Waals surface area contributed by atoms with Gasteiger partial charge in [0.25, 0.3) is 0 Å². The molecule has 0 unspecified atom stereocenters. The van der Waals surface area contributed by atoms with Crippen LogP contribution in [0.25, 0.3) is 0 Å². The van der Waals surface area contributed by atoms with E-state index in [1.165, 1.54) is 34.1 Å². The molecule has 0 aliphatic carbocycles. The minimum atomic E-state index is -3.51. The molecule has 21 heavy (non-hydrogen) atoms. The summed E-state index contributed by atoms with van der Waals surface area (Å²) < 4.78 is 26.8. The van der Waals surface area contributed by atoms with Crippen LogP contribution in [0, 0.1) is 0 Å². The Bertz CT molecular complexity index is 766. The lowest BCUT2D eigenvalue weighted by atomic mass is 10.0. The van der Waals surface area contributed by atoms with Gasteiger partial charge in [-0.05, 0) is 29.7 Å². The number of benzene rings is 2. The molecule has 0 radical (unpaired) electrons. The summed E-state index contributed by atoms with van der Waals surface area (Å²) in [6, 6.07) is 13.9. The molecule has 1 heterocycles. The first kappa shape index (κ1) is 14.0. The van der Waals surface area contributed by atoms with Crippen molar-refractivity contribution in [3.63, 3.8) is 0 Å². The van der Waals surface area contributed by atoms with Gasteiger partial charge in [-0.15, -0.1) is 0 Å². The maximum absolute atomic E-state index is 12.6. The second kappa shape index (κ2) is 5.42. The van der Waals surface area contributed by atoms with Crippen molar-refractivity contribution in [1.82, 2.24) is 4.31 Å². The molecule has 0 aromatic heterocycles. The maximum atomic E-state index is 12.6. The van der Waals surface area contributed by atoms with Crippen molar-refractivity contribution in [1.29, 1.82) is 0 Å². The Morgan fingerprint density at radius 1 is 0.952 bits per heavy atom. The van der Waals surface area contributed by atoms with Crippen LogP contribution in [0.3, 0.4) is 0 Å². The van der Waals surface area contributed by atoms with Crippen LogP contribution in [0.1, 0.15) is 21.5 Å². The summed E-state index contributed by atoms with van der Waals surface area (Å²) in [6.45, 7) is 0.878. The molecule has 2 aromatic carbocycles. The second-order valence-corrected chi connectivity index (χ2v) is 6.98. The molecule has 4 nitrogen and oxygen atoms in total. The van der Waals surface area contributed by atoms with Gasteiger partial charge in [-0.2, -0.15) is 4.31 Å². The first-order valence-corrected chi connectivity index (χ1v) is 8.17. The third-order valence-electron chi connectivity index (χ3n) is 3.75. The number of aldehydes is 1. The van der Waals surface area contributed by atoms with E-state index in [-0.39, 0.29) is 4.90 Å². The van der Waals surface area contributed by atoms with Gasteiger partial charge in [0.1, 0.15) is 6.29 Å². The molecule has 0 fully saturated rings. The van der Waals surface area contributed by atoms with Gasteiger partial charge < -0.3 is 0 Å². The molecule has 5 heteroatoms. The van der Waals surface area contributed by atoms with Crippen molar-refractivity contribution < 1.29 is 13.2 Å². The van der Waals surface area contributed by atoms with Crippen LogP contribution in [0.5, 0.6) is 0 Å². The summed E-state index contributed by atoms with van der Waals surface area (Å²) in [5.41, 5.74) is 2.73. The van der Waals surface area contributed by atoms with E-state index in [4.69, 9.17) is 0 Å². The molecule has 3 rings (SSSR count). The van der Waals surface area contributed by atoms with Crippen molar-refractivity contribution >= 4 is 16.3 Å². The molecular formula is C16H15NO3S. The number of fused-ring (bicyclic) bond motifs is 1. The van der Waals surface area contributed by atoms with Gasteiger partial charge in [0.2, 0.25) is 10.0 Å². The van der Waals surface area contributed by atoms with Crippen molar-refractivity contribution in [3.05, 3.63) is 65.2 Å². The first-order chi connectivity index (χ1) is 10.1. The number of nitrogens with zero attached hydrogens (tertiary/aromatic N) is 1. The molecule has 1 aliphatic rings. The minimum absolute atomic E-state index is 0.229. The van der Waals surface area contributed by atoms with Crippen molar-refractivity contribution in [2.24, 2.45) is 0 Å². The zero-order chi connectivity index (χ0) is 14.9. The lowest BCUT2D eigenvalue weighted by molar-refractivity contribution is 0.112. The molecule has 0 spiro atoms. The van der Waals surface area contributed by atoms with Gasteiger partial charge >= 0.3 is 0 Å². The van der Waals surface area contributed by atoms with Crippen molar-refractivity contribution in [3.8, 4) is 0 Å².